The normalized spacial score (nSPS) is 10.8. The van der Waals surface area contributed by atoms with E-state index >= 15 is 0 Å². The molecule has 29 heavy (non-hydrogen) atoms. The summed E-state index contributed by atoms with van der Waals surface area (Å²) in [4.78, 5) is 24.5. The van der Waals surface area contributed by atoms with Crippen LogP contribution in [0.15, 0.2) is 72.8 Å². The molecule has 2 amide bonds. The average Bonchev–Trinajstić information content (AvgIpc) is 3.08. The third-order valence-electron chi connectivity index (χ3n) is 4.81. The zero-order valence-corrected chi connectivity index (χ0v) is 15.8. The minimum absolute atomic E-state index is 0.266. The van der Waals surface area contributed by atoms with Crippen LogP contribution in [0.3, 0.4) is 0 Å². The van der Waals surface area contributed by atoms with Crippen LogP contribution in [0, 0.1) is 6.92 Å². The molecule has 6 heteroatoms. The van der Waals surface area contributed by atoms with Gasteiger partial charge in [-0.15, -0.1) is 0 Å². The summed E-state index contributed by atoms with van der Waals surface area (Å²) in [5, 5.41) is 3.73. The summed E-state index contributed by atoms with van der Waals surface area (Å²) in [6, 6.07) is 21.8. The molecule has 1 aromatic heterocycles. The zero-order chi connectivity index (χ0) is 20.5. The summed E-state index contributed by atoms with van der Waals surface area (Å²) in [7, 11) is 0. The number of amides is 2. The smallest absolute Gasteiger partial charge is 0.265 e. The molecule has 4 rings (SSSR count). The van der Waals surface area contributed by atoms with Crippen molar-refractivity contribution in [3.05, 3.63) is 89.6 Å². The van der Waals surface area contributed by atoms with Gasteiger partial charge in [0.05, 0.1) is 16.9 Å². The molecule has 6 nitrogen and oxygen atoms in total. The molecule has 0 bridgehead atoms. The summed E-state index contributed by atoms with van der Waals surface area (Å²) >= 11 is 0. The number of para-hydroxylation sites is 2. The molecule has 0 saturated carbocycles. The van der Waals surface area contributed by atoms with Crippen LogP contribution < -0.4 is 16.8 Å². The molecule has 4 aromatic rings. The van der Waals surface area contributed by atoms with Crippen LogP contribution in [0.4, 0.5) is 11.4 Å². The molecule has 0 aliphatic carbocycles. The molecule has 144 valence electrons. The first-order valence-corrected chi connectivity index (χ1v) is 9.12. The molecule has 0 aliphatic rings. The van der Waals surface area contributed by atoms with Gasteiger partial charge in [-0.3, -0.25) is 9.59 Å². The Morgan fingerprint density at radius 1 is 0.931 bits per heavy atom. The SMILES string of the molecule is Cc1ccc2c(c1)cc(C(N)=O)n2-c1ccc(C(=O)Nc2ccccc2N)cc1. The van der Waals surface area contributed by atoms with E-state index in [1.807, 2.05) is 25.1 Å². The Balaban J connectivity index is 1.69. The lowest BCUT2D eigenvalue weighted by Crippen LogP contribution is -2.16. The van der Waals surface area contributed by atoms with Crippen molar-refractivity contribution < 1.29 is 9.59 Å². The summed E-state index contributed by atoms with van der Waals surface area (Å²) in [6.45, 7) is 1.99. The fourth-order valence-corrected chi connectivity index (χ4v) is 3.36. The number of nitrogens with zero attached hydrogens (tertiary/aromatic N) is 1. The Morgan fingerprint density at radius 2 is 1.66 bits per heavy atom. The molecular weight excluding hydrogens is 364 g/mol. The first-order valence-electron chi connectivity index (χ1n) is 9.12. The van der Waals surface area contributed by atoms with Gasteiger partial charge in [0.1, 0.15) is 5.69 Å². The quantitative estimate of drug-likeness (QED) is 0.465. The number of hydrogen-bond acceptors (Lipinski definition) is 3. The summed E-state index contributed by atoms with van der Waals surface area (Å²) in [5.41, 5.74) is 16.1. The number of carbonyl (C=O) groups is 2. The minimum Gasteiger partial charge on any atom is -0.397 e. The predicted octanol–water partition coefficient (Wildman–Crippen LogP) is 3.87. The van der Waals surface area contributed by atoms with Gasteiger partial charge in [-0.2, -0.15) is 0 Å². The van der Waals surface area contributed by atoms with E-state index in [1.54, 1.807) is 59.2 Å². The van der Waals surface area contributed by atoms with E-state index in [4.69, 9.17) is 11.5 Å². The van der Waals surface area contributed by atoms with Crippen molar-refractivity contribution in [2.45, 2.75) is 6.92 Å². The third-order valence-corrected chi connectivity index (χ3v) is 4.81. The van der Waals surface area contributed by atoms with E-state index < -0.39 is 5.91 Å². The number of rotatable bonds is 4. The van der Waals surface area contributed by atoms with Crippen LogP contribution in [0.1, 0.15) is 26.4 Å². The number of aryl methyl sites for hydroxylation is 1. The second-order valence-corrected chi connectivity index (χ2v) is 6.88. The Hall–Kier alpha value is -4.06. The van der Waals surface area contributed by atoms with Crippen LogP contribution in [0.5, 0.6) is 0 Å². The van der Waals surface area contributed by atoms with Gasteiger partial charge in [0.2, 0.25) is 0 Å². The molecule has 0 saturated heterocycles. The molecule has 0 aliphatic heterocycles. The van der Waals surface area contributed by atoms with Gasteiger partial charge in [0, 0.05) is 16.6 Å². The van der Waals surface area contributed by atoms with E-state index in [0.717, 1.165) is 22.2 Å². The summed E-state index contributed by atoms with van der Waals surface area (Å²) in [5.74, 6) is -0.780. The van der Waals surface area contributed by atoms with Crippen LogP contribution >= 0.6 is 0 Å². The van der Waals surface area contributed by atoms with Crippen molar-refractivity contribution in [3.8, 4) is 5.69 Å². The Labute approximate surface area is 167 Å². The number of carbonyl (C=O) groups excluding carboxylic acids is 2. The van der Waals surface area contributed by atoms with Crippen molar-refractivity contribution in [3.63, 3.8) is 0 Å². The number of fused-ring (bicyclic) bond motifs is 1. The molecule has 0 spiro atoms. The van der Waals surface area contributed by atoms with E-state index in [9.17, 15) is 9.59 Å². The summed E-state index contributed by atoms with van der Waals surface area (Å²) < 4.78 is 1.80. The molecule has 1 heterocycles. The van der Waals surface area contributed by atoms with Crippen molar-refractivity contribution in [1.82, 2.24) is 4.57 Å². The second-order valence-electron chi connectivity index (χ2n) is 6.88. The third kappa shape index (κ3) is 3.43. The van der Waals surface area contributed by atoms with Crippen LogP contribution in [0.2, 0.25) is 0 Å². The number of nitrogens with two attached hydrogens (primary N) is 2. The van der Waals surface area contributed by atoms with Gasteiger partial charge in [-0.1, -0.05) is 23.8 Å². The van der Waals surface area contributed by atoms with Crippen molar-refractivity contribution in [1.29, 1.82) is 0 Å². The van der Waals surface area contributed by atoms with Gasteiger partial charge >= 0.3 is 0 Å². The van der Waals surface area contributed by atoms with Gasteiger partial charge in [-0.25, -0.2) is 0 Å². The number of hydrogen-bond donors (Lipinski definition) is 3. The Morgan fingerprint density at radius 3 is 2.34 bits per heavy atom. The highest BCUT2D eigenvalue weighted by Gasteiger charge is 2.15. The molecule has 5 N–H and O–H groups in total. The Kier molecular flexibility index (Phi) is 4.52. The van der Waals surface area contributed by atoms with Gasteiger partial charge < -0.3 is 21.4 Å². The van der Waals surface area contributed by atoms with E-state index in [0.29, 0.717) is 22.6 Å². The maximum atomic E-state index is 12.5. The van der Waals surface area contributed by atoms with Crippen molar-refractivity contribution in [2.24, 2.45) is 5.73 Å². The number of aromatic nitrogens is 1. The van der Waals surface area contributed by atoms with Crippen LogP contribution in [-0.2, 0) is 0 Å². The molecule has 0 fully saturated rings. The van der Waals surface area contributed by atoms with Crippen LogP contribution in [-0.4, -0.2) is 16.4 Å². The fourth-order valence-electron chi connectivity index (χ4n) is 3.36. The topological polar surface area (TPSA) is 103 Å². The number of benzene rings is 3. The predicted molar refractivity (Wildman–Crippen MR) is 115 cm³/mol. The monoisotopic (exact) mass is 384 g/mol. The molecular formula is C23H20N4O2. The molecule has 0 atom stereocenters. The average molecular weight is 384 g/mol. The number of nitrogen functional groups attached to an aromatic ring is 1. The first-order chi connectivity index (χ1) is 13.9. The highest BCUT2D eigenvalue weighted by molar-refractivity contribution is 6.06. The zero-order valence-electron chi connectivity index (χ0n) is 15.8. The standard InChI is InChI=1S/C23H20N4O2/c1-14-6-11-20-16(12-14)13-21(22(25)28)27(20)17-9-7-15(8-10-17)23(29)26-19-5-3-2-4-18(19)24/h2-13H,24H2,1H3,(H2,25,28)(H,26,29). The van der Waals surface area contributed by atoms with Crippen molar-refractivity contribution >= 4 is 34.1 Å². The van der Waals surface area contributed by atoms with E-state index in [1.165, 1.54) is 0 Å². The van der Waals surface area contributed by atoms with Crippen molar-refractivity contribution in [2.75, 3.05) is 11.1 Å². The molecule has 3 aromatic carbocycles. The number of nitrogens with one attached hydrogen (secondary N) is 1. The highest BCUT2D eigenvalue weighted by atomic mass is 16.2. The molecule has 0 unspecified atom stereocenters. The van der Waals surface area contributed by atoms with Gasteiger partial charge in [0.15, 0.2) is 0 Å². The van der Waals surface area contributed by atoms with Gasteiger partial charge in [0.25, 0.3) is 11.8 Å². The maximum absolute atomic E-state index is 12.5. The highest BCUT2D eigenvalue weighted by Crippen LogP contribution is 2.26. The fraction of sp³-hybridized carbons (Fsp3) is 0.0435. The minimum atomic E-state index is -0.514. The first kappa shape index (κ1) is 18.3. The largest absolute Gasteiger partial charge is 0.397 e. The number of primary amides is 1. The lowest BCUT2D eigenvalue weighted by Gasteiger charge is -2.11. The van der Waals surface area contributed by atoms with E-state index in [2.05, 4.69) is 5.32 Å². The Bertz CT molecular complexity index is 1240. The maximum Gasteiger partial charge on any atom is 0.265 e. The van der Waals surface area contributed by atoms with E-state index in [-0.39, 0.29) is 5.91 Å². The molecule has 0 radical (unpaired) electrons. The number of anilines is 2. The van der Waals surface area contributed by atoms with Gasteiger partial charge in [-0.05, 0) is 61.5 Å². The summed E-state index contributed by atoms with van der Waals surface area (Å²) in [6.07, 6.45) is 0. The van der Waals surface area contributed by atoms with Crippen LogP contribution in [0.25, 0.3) is 16.6 Å². The second kappa shape index (κ2) is 7.16. The lowest BCUT2D eigenvalue weighted by atomic mass is 10.1. The lowest BCUT2D eigenvalue weighted by molar-refractivity contribution is 0.0991.